The van der Waals surface area contributed by atoms with Crippen LogP contribution in [0.5, 0.6) is 0 Å². The zero-order valence-corrected chi connectivity index (χ0v) is 17.1. The number of nitrogens with one attached hydrogen (secondary N) is 1. The van der Waals surface area contributed by atoms with Gasteiger partial charge in [-0.1, -0.05) is 36.8 Å². The fourth-order valence-corrected chi connectivity index (χ4v) is 3.57. The topological polar surface area (TPSA) is 77.2 Å². The number of aryl methyl sites for hydroxylation is 2. The molecule has 150 valence electrons. The molecule has 3 heterocycles. The summed E-state index contributed by atoms with van der Waals surface area (Å²) in [6, 6.07) is 11.8. The summed E-state index contributed by atoms with van der Waals surface area (Å²) in [4.78, 5) is 17.7. The second kappa shape index (κ2) is 7.67. The molecule has 0 aliphatic heterocycles. The maximum Gasteiger partial charge on any atom is 0.272 e. The van der Waals surface area contributed by atoms with Crippen LogP contribution in [0.25, 0.3) is 16.8 Å². The lowest BCUT2D eigenvalue weighted by atomic mass is 10.0. The van der Waals surface area contributed by atoms with Gasteiger partial charge in [-0.05, 0) is 25.5 Å². The average molecular weight is 391 g/mol. The number of aromatic nitrogens is 5. The van der Waals surface area contributed by atoms with E-state index >= 15 is 0 Å². The van der Waals surface area contributed by atoms with Gasteiger partial charge in [-0.2, -0.15) is 5.10 Å². The largest absolute Gasteiger partial charge is 0.378 e. The number of rotatable bonds is 6. The standard InChI is InChI=1S/C22H25N5O2/c1-14-5-7-17(8-6-14)21-19(13-29-4)25-27-20(28)11-18(24-22(21)27)15(2)12-26-16(3)9-10-23-26/h5-11,15,25H,12-13H2,1-4H3/t15-/m0/s1. The molecule has 1 N–H and O–H groups in total. The molecular formula is C22H25N5O2. The lowest BCUT2D eigenvalue weighted by Gasteiger charge is -2.13. The van der Waals surface area contributed by atoms with Crippen LogP contribution in [-0.2, 0) is 17.9 Å². The summed E-state index contributed by atoms with van der Waals surface area (Å²) in [6.45, 7) is 7.16. The van der Waals surface area contributed by atoms with E-state index in [-0.39, 0.29) is 11.5 Å². The van der Waals surface area contributed by atoms with Crippen molar-refractivity contribution in [3.05, 3.63) is 75.6 Å². The zero-order valence-electron chi connectivity index (χ0n) is 17.1. The Labute approximate surface area is 169 Å². The fraction of sp³-hybridized carbons (Fsp3) is 0.318. The SMILES string of the molecule is COCc1[nH]n2c(=O)cc([C@@H](C)Cn3nccc3C)nc2c1-c1ccc(C)cc1. The Hall–Kier alpha value is -3.19. The van der Waals surface area contributed by atoms with Gasteiger partial charge in [0.2, 0.25) is 0 Å². The first-order valence-corrected chi connectivity index (χ1v) is 9.67. The van der Waals surface area contributed by atoms with Crippen LogP contribution in [0.2, 0.25) is 0 Å². The number of aromatic amines is 1. The molecule has 0 spiro atoms. The first-order valence-electron chi connectivity index (χ1n) is 9.67. The molecule has 0 fully saturated rings. The smallest absolute Gasteiger partial charge is 0.272 e. The van der Waals surface area contributed by atoms with E-state index in [1.807, 2.05) is 29.8 Å². The van der Waals surface area contributed by atoms with Crippen molar-refractivity contribution in [3.63, 3.8) is 0 Å². The Bertz CT molecular complexity index is 1200. The Kier molecular flexibility index (Phi) is 5.07. The van der Waals surface area contributed by atoms with Crippen LogP contribution in [0.15, 0.2) is 47.4 Å². The molecule has 0 saturated carbocycles. The lowest BCUT2D eigenvalue weighted by molar-refractivity contribution is 0.181. The van der Waals surface area contributed by atoms with E-state index in [4.69, 9.17) is 9.72 Å². The minimum atomic E-state index is -0.134. The highest BCUT2D eigenvalue weighted by Crippen LogP contribution is 2.28. The van der Waals surface area contributed by atoms with Crippen molar-refractivity contribution in [2.45, 2.75) is 39.8 Å². The van der Waals surface area contributed by atoms with Crippen LogP contribution in [0.1, 0.15) is 35.5 Å². The van der Waals surface area contributed by atoms with Crippen molar-refractivity contribution in [2.24, 2.45) is 0 Å². The van der Waals surface area contributed by atoms with Gasteiger partial charge in [0.05, 0.1) is 18.0 Å². The highest BCUT2D eigenvalue weighted by atomic mass is 16.5. The number of hydrogen-bond acceptors (Lipinski definition) is 4. The van der Waals surface area contributed by atoms with E-state index in [2.05, 4.69) is 36.2 Å². The van der Waals surface area contributed by atoms with Crippen LogP contribution < -0.4 is 5.56 Å². The summed E-state index contributed by atoms with van der Waals surface area (Å²) in [5.41, 5.74) is 6.22. The number of H-pyrrole nitrogens is 1. The van der Waals surface area contributed by atoms with Crippen LogP contribution in [0, 0.1) is 13.8 Å². The van der Waals surface area contributed by atoms with Crippen molar-refractivity contribution in [2.75, 3.05) is 7.11 Å². The molecule has 7 nitrogen and oxygen atoms in total. The average Bonchev–Trinajstić information content (AvgIpc) is 3.26. The van der Waals surface area contributed by atoms with Crippen LogP contribution in [-0.4, -0.2) is 31.5 Å². The predicted octanol–water partition coefficient (Wildman–Crippen LogP) is 3.45. The number of hydrogen-bond donors (Lipinski definition) is 1. The summed E-state index contributed by atoms with van der Waals surface area (Å²) in [5.74, 6) is 0.0398. The van der Waals surface area contributed by atoms with E-state index in [0.717, 1.165) is 28.2 Å². The van der Waals surface area contributed by atoms with E-state index in [1.54, 1.807) is 19.4 Å². The van der Waals surface area contributed by atoms with Gasteiger partial charge in [-0.25, -0.2) is 9.50 Å². The summed E-state index contributed by atoms with van der Waals surface area (Å²) >= 11 is 0. The highest BCUT2D eigenvalue weighted by Gasteiger charge is 2.19. The summed E-state index contributed by atoms with van der Waals surface area (Å²) in [6.07, 6.45) is 1.78. The van der Waals surface area contributed by atoms with Gasteiger partial charge in [0.25, 0.3) is 5.56 Å². The molecule has 7 heteroatoms. The molecule has 4 rings (SSSR count). The van der Waals surface area contributed by atoms with Gasteiger partial charge < -0.3 is 4.74 Å². The van der Waals surface area contributed by atoms with Gasteiger partial charge in [0, 0.05) is 43.1 Å². The minimum Gasteiger partial charge on any atom is -0.378 e. The van der Waals surface area contributed by atoms with E-state index in [1.165, 1.54) is 10.1 Å². The Balaban J connectivity index is 1.85. The summed E-state index contributed by atoms with van der Waals surface area (Å²) in [5, 5.41) is 7.52. The van der Waals surface area contributed by atoms with Gasteiger partial charge in [0.1, 0.15) is 0 Å². The maximum atomic E-state index is 12.9. The van der Waals surface area contributed by atoms with Crippen molar-refractivity contribution in [1.82, 2.24) is 24.4 Å². The highest BCUT2D eigenvalue weighted by molar-refractivity contribution is 5.80. The molecule has 0 amide bonds. The zero-order chi connectivity index (χ0) is 20.5. The van der Waals surface area contributed by atoms with E-state index in [9.17, 15) is 4.79 Å². The Morgan fingerprint density at radius 2 is 1.93 bits per heavy atom. The van der Waals surface area contributed by atoms with Gasteiger partial charge >= 0.3 is 0 Å². The van der Waals surface area contributed by atoms with E-state index < -0.39 is 0 Å². The first kappa shape index (κ1) is 19.1. The maximum absolute atomic E-state index is 12.9. The molecule has 3 aromatic heterocycles. The third-order valence-electron chi connectivity index (χ3n) is 5.22. The molecule has 29 heavy (non-hydrogen) atoms. The quantitative estimate of drug-likeness (QED) is 0.546. The Morgan fingerprint density at radius 1 is 1.17 bits per heavy atom. The molecule has 0 aliphatic carbocycles. The van der Waals surface area contributed by atoms with Crippen molar-refractivity contribution >= 4 is 5.65 Å². The van der Waals surface area contributed by atoms with Gasteiger partial charge in [-0.3, -0.25) is 14.6 Å². The second-order valence-electron chi connectivity index (χ2n) is 7.50. The number of methoxy groups -OCH3 is 1. The normalized spacial score (nSPS) is 12.6. The number of benzene rings is 1. The first-order chi connectivity index (χ1) is 14.0. The molecule has 1 atom stereocenters. The number of fused-ring (bicyclic) bond motifs is 1. The Morgan fingerprint density at radius 3 is 2.59 bits per heavy atom. The lowest BCUT2D eigenvalue weighted by Crippen LogP contribution is -2.18. The monoisotopic (exact) mass is 391 g/mol. The predicted molar refractivity (Wildman–Crippen MR) is 112 cm³/mol. The second-order valence-corrected chi connectivity index (χ2v) is 7.50. The minimum absolute atomic E-state index is 0.0398. The molecule has 1 aromatic carbocycles. The molecule has 0 aliphatic rings. The van der Waals surface area contributed by atoms with Crippen molar-refractivity contribution < 1.29 is 4.74 Å². The van der Waals surface area contributed by atoms with Crippen molar-refractivity contribution in [1.29, 1.82) is 0 Å². The fourth-order valence-electron chi connectivity index (χ4n) is 3.57. The molecule has 0 unspecified atom stereocenters. The summed E-state index contributed by atoms with van der Waals surface area (Å²) < 4.78 is 8.79. The van der Waals surface area contributed by atoms with Crippen molar-refractivity contribution in [3.8, 4) is 11.1 Å². The van der Waals surface area contributed by atoms with Gasteiger partial charge in [-0.15, -0.1) is 0 Å². The molecule has 0 bridgehead atoms. The van der Waals surface area contributed by atoms with Crippen LogP contribution >= 0.6 is 0 Å². The number of ether oxygens (including phenoxy) is 1. The molecule has 4 aromatic rings. The third kappa shape index (κ3) is 3.61. The number of nitrogens with zero attached hydrogens (tertiary/aromatic N) is 4. The van der Waals surface area contributed by atoms with E-state index in [0.29, 0.717) is 18.8 Å². The van der Waals surface area contributed by atoms with Crippen LogP contribution in [0.4, 0.5) is 0 Å². The third-order valence-corrected chi connectivity index (χ3v) is 5.22. The summed E-state index contributed by atoms with van der Waals surface area (Å²) in [7, 11) is 1.64. The molecular weight excluding hydrogens is 366 g/mol. The van der Waals surface area contributed by atoms with Gasteiger partial charge in [0.15, 0.2) is 5.65 Å². The molecule has 0 radical (unpaired) electrons. The molecule has 0 saturated heterocycles. The van der Waals surface area contributed by atoms with Crippen LogP contribution in [0.3, 0.4) is 0 Å².